The number of hydrogen-bond donors (Lipinski definition) is 1. The Morgan fingerprint density at radius 2 is 2.11 bits per heavy atom. The number of nitrogens with one attached hydrogen (secondary N) is 1. The SMILES string of the molecule is CNC(CCN(C)CC1CCCOC1)C(C)(C)C. The van der Waals surface area contributed by atoms with Crippen molar-refractivity contribution >= 4 is 0 Å². The molecule has 0 aliphatic carbocycles. The first-order valence-corrected chi connectivity index (χ1v) is 7.37. The van der Waals surface area contributed by atoms with Crippen LogP contribution in [0.15, 0.2) is 0 Å². The summed E-state index contributed by atoms with van der Waals surface area (Å²) >= 11 is 0. The van der Waals surface area contributed by atoms with Gasteiger partial charge >= 0.3 is 0 Å². The minimum absolute atomic E-state index is 0.337. The summed E-state index contributed by atoms with van der Waals surface area (Å²) in [5, 5.41) is 3.45. The van der Waals surface area contributed by atoms with Gasteiger partial charge in [0.15, 0.2) is 0 Å². The van der Waals surface area contributed by atoms with Crippen LogP contribution in [0.25, 0.3) is 0 Å². The third-order valence-corrected chi connectivity index (χ3v) is 4.02. The molecule has 0 saturated carbocycles. The van der Waals surface area contributed by atoms with Gasteiger partial charge in [-0.05, 0) is 51.2 Å². The van der Waals surface area contributed by atoms with E-state index >= 15 is 0 Å². The van der Waals surface area contributed by atoms with Crippen molar-refractivity contribution in [3.05, 3.63) is 0 Å². The van der Waals surface area contributed by atoms with E-state index in [0.717, 1.165) is 19.1 Å². The van der Waals surface area contributed by atoms with Gasteiger partial charge in [0.2, 0.25) is 0 Å². The van der Waals surface area contributed by atoms with Crippen molar-refractivity contribution in [2.75, 3.05) is 40.4 Å². The molecule has 3 heteroatoms. The third-order valence-electron chi connectivity index (χ3n) is 4.02. The topological polar surface area (TPSA) is 24.5 Å². The van der Waals surface area contributed by atoms with Gasteiger partial charge in [0, 0.05) is 19.2 Å². The molecule has 3 nitrogen and oxygen atoms in total. The summed E-state index contributed by atoms with van der Waals surface area (Å²) in [6.07, 6.45) is 3.78. The zero-order chi connectivity index (χ0) is 13.6. The molecule has 2 unspecified atom stereocenters. The van der Waals surface area contributed by atoms with Crippen LogP contribution in [0.5, 0.6) is 0 Å². The Kier molecular flexibility index (Phi) is 6.61. The van der Waals surface area contributed by atoms with Crippen molar-refractivity contribution in [2.24, 2.45) is 11.3 Å². The van der Waals surface area contributed by atoms with Crippen molar-refractivity contribution in [1.29, 1.82) is 0 Å². The van der Waals surface area contributed by atoms with Crippen molar-refractivity contribution < 1.29 is 4.74 Å². The zero-order valence-corrected chi connectivity index (χ0v) is 13.0. The molecule has 1 rings (SSSR count). The van der Waals surface area contributed by atoms with E-state index < -0.39 is 0 Å². The molecule has 0 radical (unpaired) electrons. The Balaban J connectivity index is 2.24. The van der Waals surface area contributed by atoms with E-state index in [9.17, 15) is 0 Å². The molecule has 18 heavy (non-hydrogen) atoms. The minimum Gasteiger partial charge on any atom is -0.381 e. The van der Waals surface area contributed by atoms with Crippen LogP contribution >= 0.6 is 0 Å². The lowest BCUT2D eigenvalue weighted by Gasteiger charge is -2.33. The third kappa shape index (κ3) is 5.68. The van der Waals surface area contributed by atoms with Gasteiger partial charge in [0.1, 0.15) is 0 Å². The van der Waals surface area contributed by atoms with Crippen LogP contribution in [0, 0.1) is 11.3 Å². The molecule has 0 spiro atoms. The molecular formula is C15H32N2O. The minimum atomic E-state index is 0.337. The van der Waals surface area contributed by atoms with E-state index in [4.69, 9.17) is 4.74 Å². The number of ether oxygens (including phenoxy) is 1. The lowest BCUT2D eigenvalue weighted by molar-refractivity contribution is 0.0411. The van der Waals surface area contributed by atoms with Crippen molar-refractivity contribution in [2.45, 2.75) is 46.1 Å². The zero-order valence-electron chi connectivity index (χ0n) is 13.0. The highest BCUT2D eigenvalue weighted by Gasteiger charge is 2.23. The second kappa shape index (κ2) is 7.46. The summed E-state index contributed by atoms with van der Waals surface area (Å²) in [6, 6.07) is 0.586. The quantitative estimate of drug-likeness (QED) is 0.789. The summed E-state index contributed by atoms with van der Waals surface area (Å²) in [6.45, 7) is 11.2. The molecule has 1 aliphatic rings. The second-order valence-electron chi connectivity index (χ2n) is 6.84. The second-order valence-corrected chi connectivity index (χ2v) is 6.84. The van der Waals surface area contributed by atoms with Crippen molar-refractivity contribution in [3.8, 4) is 0 Å². The summed E-state index contributed by atoms with van der Waals surface area (Å²) in [7, 11) is 4.31. The Bertz CT molecular complexity index is 219. The first-order valence-electron chi connectivity index (χ1n) is 7.37. The van der Waals surface area contributed by atoms with E-state index in [1.807, 2.05) is 0 Å². The lowest BCUT2D eigenvalue weighted by atomic mass is 9.85. The largest absolute Gasteiger partial charge is 0.381 e. The van der Waals surface area contributed by atoms with Gasteiger partial charge in [-0.25, -0.2) is 0 Å². The summed E-state index contributed by atoms with van der Waals surface area (Å²) in [5.74, 6) is 0.742. The molecule has 1 aliphatic heterocycles. The van der Waals surface area contributed by atoms with E-state index in [1.54, 1.807) is 0 Å². The average molecular weight is 256 g/mol. The normalized spacial score (nSPS) is 23.3. The fourth-order valence-electron chi connectivity index (χ4n) is 2.84. The maximum Gasteiger partial charge on any atom is 0.0506 e. The Labute approximate surface area is 113 Å². The fourth-order valence-corrected chi connectivity index (χ4v) is 2.84. The van der Waals surface area contributed by atoms with E-state index in [2.05, 4.69) is 45.1 Å². The van der Waals surface area contributed by atoms with Gasteiger partial charge in [-0.2, -0.15) is 0 Å². The summed E-state index contributed by atoms with van der Waals surface area (Å²) in [4.78, 5) is 2.47. The molecule has 0 aromatic carbocycles. The summed E-state index contributed by atoms with van der Waals surface area (Å²) in [5.41, 5.74) is 0.337. The van der Waals surface area contributed by atoms with Crippen LogP contribution in [0.4, 0.5) is 0 Å². The standard InChI is InChI=1S/C15H32N2O/c1-15(2,3)14(16-4)8-9-17(5)11-13-7-6-10-18-12-13/h13-14,16H,6-12H2,1-5H3. The first-order chi connectivity index (χ1) is 8.43. The van der Waals surface area contributed by atoms with Crippen LogP contribution in [0.1, 0.15) is 40.0 Å². The van der Waals surface area contributed by atoms with Crippen LogP contribution in [-0.2, 0) is 4.74 Å². The Hall–Kier alpha value is -0.120. The van der Waals surface area contributed by atoms with E-state index in [-0.39, 0.29) is 0 Å². The smallest absolute Gasteiger partial charge is 0.0506 e. The first kappa shape index (κ1) is 15.9. The van der Waals surface area contributed by atoms with E-state index in [1.165, 1.54) is 32.4 Å². The highest BCUT2D eigenvalue weighted by atomic mass is 16.5. The molecule has 1 N–H and O–H groups in total. The Morgan fingerprint density at radius 3 is 2.61 bits per heavy atom. The molecule has 0 bridgehead atoms. The van der Waals surface area contributed by atoms with Gasteiger partial charge in [0.25, 0.3) is 0 Å². The Morgan fingerprint density at radius 1 is 1.39 bits per heavy atom. The predicted octanol–water partition coefficient (Wildman–Crippen LogP) is 2.37. The van der Waals surface area contributed by atoms with Gasteiger partial charge in [-0.15, -0.1) is 0 Å². The molecule has 0 amide bonds. The van der Waals surface area contributed by atoms with Gasteiger partial charge in [-0.3, -0.25) is 0 Å². The summed E-state index contributed by atoms with van der Waals surface area (Å²) < 4.78 is 5.54. The maximum absolute atomic E-state index is 5.54. The molecule has 1 saturated heterocycles. The molecule has 1 heterocycles. The predicted molar refractivity (Wildman–Crippen MR) is 78.0 cm³/mol. The van der Waals surface area contributed by atoms with Crippen LogP contribution in [0.3, 0.4) is 0 Å². The number of rotatable bonds is 6. The maximum atomic E-state index is 5.54. The van der Waals surface area contributed by atoms with Crippen LogP contribution in [0.2, 0.25) is 0 Å². The molecule has 1 fully saturated rings. The molecule has 108 valence electrons. The monoisotopic (exact) mass is 256 g/mol. The average Bonchev–Trinajstić information content (AvgIpc) is 2.29. The van der Waals surface area contributed by atoms with Crippen LogP contribution in [-0.4, -0.2) is 51.3 Å². The van der Waals surface area contributed by atoms with Crippen LogP contribution < -0.4 is 5.32 Å². The number of nitrogens with zero attached hydrogens (tertiary/aromatic N) is 1. The molecular weight excluding hydrogens is 224 g/mol. The van der Waals surface area contributed by atoms with Crippen molar-refractivity contribution in [1.82, 2.24) is 10.2 Å². The van der Waals surface area contributed by atoms with Gasteiger partial charge in [-0.1, -0.05) is 20.8 Å². The highest BCUT2D eigenvalue weighted by Crippen LogP contribution is 2.22. The molecule has 2 atom stereocenters. The molecule has 0 aromatic heterocycles. The van der Waals surface area contributed by atoms with E-state index in [0.29, 0.717) is 11.5 Å². The van der Waals surface area contributed by atoms with Gasteiger partial charge in [0.05, 0.1) is 6.61 Å². The fraction of sp³-hybridized carbons (Fsp3) is 1.00. The molecule has 0 aromatic rings. The highest BCUT2D eigenvalue weighted by molar-refractivity contribution is 4.80. The van der Waals surface area contributed by atoms with Gasteiger partial charge < -0.3 is 15.0 Å². The van der Waals surface area contributed by atoms with Crippen molar-refractivity contribution in [3.63, 3.8) is 0 Å². The number of hydrogen-bond acceptors (Lipinski definition) is 3. The lowest BCUT2D eigenvalue weighted by Crippen LogP contribution is -2.41.